The minimum atomic E-state index is -0.399. The van der Waals surface area contributed by atoms with E-state index < -0.39 is 6.67 Å². The third kappa shape index (κ3) is 2.60. The van der Waals surface area contributed by atoms with Gasteiger partial charge in [-0.25, -0.2) is 4.39 Å². The Labute approximate surface area is 60.1 Å². The monoisotopic (exact) mass is 148 g/mol. The highest BCUT2D eigenvalue weighted by Crippen LogP contribution is 1.92. The number of nitrogens with one attached hydrogen (secondary N) is 1. The number of hydroxylamine groups is 2. The summed E-state index contributed by atoms with van der Waals surface area (Å²) in [6.45, 7) is 3.39. The lowest BCUT2D eigenvalue weighted by molar-refractivity contribution is -0.166. The van der Waals surface area contributed by atoms with Crippen LogP contribution in [-0.4, -0.2) is 44.5 Å². The fourth-order valence-corrected chi connectivity index (χ4v) is 0.937. The van der Waals surface area contributed by atoms with E-state index in [0.29, 0.717) is 0 Å². The first-order valence-corrected chi connectivity index (χ1v) is 3.58. The van der Waals surface area contributed by atoms with Gasteiger partial charge in [-0.3, -0.25) is 4.84 Å². The molecule has 0 saturated carbocycles. The Bertz CT molecular complexity index is 85.8. The zero-order valence-electron chi connectivity index (χ0n) is 5.98. The molecule has 0 amide bonds. The molecule has 10 heavy (non-hydrogen) atoms. The quantitative estimate of drug-likeness (QED) is 0.599. The Balaban J connectivity index is 2.02. The molecule has 4 heteroatoms. The number of piperazine rings is 1. The third-order valence-corrected chi connectivity index (χ3v) is 1.43. The minimum Gasteiger partial charge on any atom is -0.314 e. The Kier molecular flexibility index (Phi) is 3.64. The molecule has 1 aliphatic heterocycles. The molecule has 0 atom stereocenters. The van der Waals surface area contributed by atoms with Crippen molar-refractivity contribution >= 4 is 0 Å². The number of hydrogen-bond donors (Lipinski definition) is 1. The van der Waals surface area contributed by atoms with Gasteiger partial charge in [0.1, 0.15) is 6.67 Å². The second kappa shape index (κ2) is 4.60. The molecule has 0 bridgehead atoms. The van der Waals surface area contributed by atoms with E-state index in [1.165, 1.54) is 0 Å². The molecule has 60 valence electrons. The molecular formula is C6H13FN2O. The van der Waals surface area contributed by atoms with Crippen molar-refractivity contribution in [2.24, 2.45) is 0 Å². The summed E-state index contributed by atoms with van der Waals surface area (Å²) in [6, 6.07) is 0. The van der Waals surface area contributed by atoms with Crippen LogP contribution in [-0.2, 0) is 4.84 Å². The first-order valence-electron chi connectivity index (χ1n) is 3.58. The lowest BCUT2D eigenvalue weighted by Gasteiger charge is -2.25. The average Bonchev–Trinajstić information content (AvgIpc) is 2.03. The fraction of sp³-hybridized carbons (Fsp3) is 1.00. The van der Waals surface area contributed by atoms with E-state index in [9.17, 15) is 4.39 Å². The second-order valence-electron chi connectivity index (χ2n) is 2.20. The van der Waals surface area contributed by atoms with Crippen LogP contribution in [0.2, 0.25) is 0 Å². The first kappa shape index (κ1) is 7.91. The van der Waals surface area contributed by atoms with E-state index in [1.54, 1.807) is 5.06 Å². The number of halogens is 1. The van der Waals surface area contributed by atoms with Crippen LogP contribution in [0.15, 0.2) is 0 Å². The van der Waals surface area contributed by atoms with E-state index in [1.807, 2.05) is 0 Å². The van der Waals surface area contributed by atoms with Crippen molar-refractivity contribution in [2.75, 3.05) is 39.5 Å². The van der Waals surface area contributed by atoms with Crippen molar-refractivity contribution in [3.05, 3.63) is 0 Å². The van der Waals surface area contributed by atoms with Crippen molar-refractivity contribution in [3.8, 4) is 0 Å². The molecule has 0 spiro atoms. The van der Waals surface area contributed by atoms with Crippen LogP contribution < -0.4 is 5.32 Å². The summed E-state index contributed by atoms with van der Waals surface area (Å²) in [5.41, 5.74) is 0. The molecule has 1 rings (SSSR count). The predicted octanol–water partition coefficient (Wildman–Crippen LogP) is -0.207. The van der Waals surface area contributed by atoms with E-state index >= 15 is 0 Å². The summed E-state index contributed by atoms with van der Waals surface area (Å²) in [5.74, 6) is 0. The van der Waals surface area contributed by atoms with Gasteiger partial charge in [0.15, 0.2) is 0 Å². The van der Waals surface area contributed by atoms with Gasteiger partial charge < -0.3 is 5.32 Å². The van der Waals surface area contributed by atoms with Gasteiger partial charge in [0, 0.05) is 26.2 Å². The molecule has 0 aliphatic carbocycles. The van der Waals surface area contributed by atoms with Crippen molar-refractivity contribution in [1.29, 1.82) is 0 Å². The van der Waals surface area contributed by atoms with Gasteiger partial charge in [-0.15, -0.1) is 0 Å². The maximum absolute atomic E-state index is 11.6. The molecular weight excluding hydrogens is 135 g/mol. The lowest BCUT2D eigenvalue weighted by Crippen LogP contribution is -2.43. The van der Waals surface area contributed by atoms with Gasteiger partial charge in [-0.2, -0.15) is 5.06 Å². The predicted molar refractivity (Wildman–Crippen MR) is 36.4 cm³/mol. The molecule has 0 aromatic rings. The van der Waals surface area contributed by atoms with Gasteiger partial charge >= 0.3 is 0 Å². The Morgan fingerprint density at radius 1 is 1.40 bits per heavy atom. The zero-order valence-corrected chi connectivity index (χ0v) is 5.98. The fourth-order valence-electron chi connectivity index (χ4n) is 0.937. The number of alkyl halides is 1. The maximum Gasteiger partial charge on any atom is 0.115 e. The zero-order chi connectivity index (χ0) is 7.23. The van der Waals surface area contributed by atoms with Gasteiger partial charge in [0.25, 0.3) is 0 Å². The summed E-state index contributed by atoms with van der Waals surface area (Å²) < 4.78 is 11.6. The topological polar surface area (TPSA) is 24.5 Å². The Hall–Kier alpha value is -0.190. The van der Waals surface area contributed by atoms with E-state index in [0.717, 1.165) is 26.2 Å². The van der Waals surface area contributed by atoms with E-state index in [2.05, 4.69) is 5.32 Å². The third-order valence-electron chi connectivity index (χ3n) is 1.43. The largest absolute Gasteiger partial charge is 0.314 e. The van der Waals surface area contributed by atoms with E-state index in [-0.39, 0.29) is 6.61 Å². The van der Waals surface area contributed by atoms with Crippen LogP contribution in [0.4, 0.5) is 4.39 Å². The summed E-state index contributed by atoms with van der Waals surface area (Å²) in [5, 5.41) is 4.98. The van der Waals surface area contributed by atoms with Crippen LogP contribution >= 0.6 is 0 Å². The first-order chi connectivity index (χ1) is 4.93. The summed E-state index contributed by atoms with van der Waals surface area (Å²) >= 11 is 0. The standard InChI is InChI=1S/C6H13FN2O/c7-1-6-10-9-4-2-8-3-5-9/h8H,1-6H2. The highest BCUT2D eigenvalue weighted by atomic mass is 19.1. The average molecular weight is 148 g/mol. The highest BCUT2D eigenvalue weighted by Gasteiger charge is 2.08. The molecule has 1 heterocycles. The summed E-state index contributed by atoms with van der Waals surface area (Å²) in [4.78, 5) is 5.05. The Morgan fingerprint density at radius 2 is 2.10 bits per heavy atom. The smallest absolute Gasteiger partial charge is 0.115 e. The van der Waals surface area contributed by atoms with Crippen LogP contribution in [0.5, 0.6) is 0 Å². The maximum atomic E-state index is 11.6. The molecule has 3 nitrogen and oxygen atoms in total. The number of nitrogens with zero attached hydrogens (tertiary/aromatic N) is 1. The van der Waals surface area contributed by atoms with Crippen molar-refractivity contribution in [3.63, 3.8) is 0 Å². The summed E-state index contributed by atoms with van der Waals surface area (Å²) in [6.07, 6.45) is 0. The lowest BCUT2D eigenvalue weighted by atomic mass is 10.4. The normalized spacial score (nSPS) is 21.3. The van der Waals surface area contributed by atoms with Crippen molar-refractivity contribution in [1.82, 2.24) is 10.4 Å². The van der Waals surface area contributed by atoms with Crippen LogP contribution in [0, 0.1) is 0 Å². The molecule has 0 radical (unpaired) electrons. The van der Waals surface area contributed by atoms with E-state index in [4.69, 9.17) is 4.84 Å². The molecule has 0 aromatic carbocycles. The van der Waals surface area contributed by atoms with Crippen molar-refractivity contribution < 1.29 is 9.23 Å². The molecule has 1 aliphatic rings. The van der Waals surface area contributed by atoms with Gasteiger partial charge in [-0.05, 0) is 0 Å². The Morgan fingerprint density at radius 3 is 2.70 bits per heavy atom. The van der Waals surface area contributed by atoms with Crippen molar-refractivity contribution in [2.45, 2.75) is 0 Å². The van der Waals surface area contributed by atoms with Gasteiger partial charge in [0.2, 0.25) is 0 Å². The minimum absolute atomic E-state index is 0.194. The molecule has 0 unspecified atom stereocenters. The molecule has 1 fully saturated rings. The highest BCUT2D eigenvalue weighted by molar-refractivity contribution is 4.59. The van der Waals surface area contributed by atoms with Crippen LogP contribution in [0.3, 0.4) is 0 Å². The van der Waals surface area contributed by atoms with Crippen LogP contribution in [0.1, 0.15) is 0 Å². The summed E-state index contributed by atoms with van der Waals surface area (Å²) in [7, 11) is 0. The van der Waals surface area contributed by atoms with Gasteiger partial charge in [-0.1, -0.05) is 0 Å². The van der Waals surface area contributed by atoms with Gasteiger partial charge in [0.05, 0.1) is 6.61 Å². The molecule has 0 aromatic heterocycles. The number of hydrogen-bond acceptors (Lipinski definition) is 3. The second-order valence-corrected chi connectivity index (χ2v) is 2.20. The SMILES string of the molecule is FCCON1CCNCC1. The number of rotatable bonds is 3. The molecule has 1 saturated heterocycles. The van der Waals surface area contributed by atoms with Crippen LogP contribution in [0.25, 0.3) is 0 Å². The molecule has 1 N–H and O–H groups in total.